The number of ether oxygens (including phenoxy) is 1. The topological polar surface area (TPSA) is 87.0 Å². The van der Waals surface area contributed by atoms with Crippen LogP contribution in [0, 0.1) is 0 Å². The van der Waals surface area contributed by atoms with Gasteiger partial charge < -0.3 is 20.1 Å². The number of hydrogen-bond donors (Lipinski definition) is 3. The van der Waals surface area contributed by atoms with Crippen LogP contribution in [-0.2, 0) is 9.53 Å². The van der Waals surface area contributed by atoms with Crippen molar-refractivity contribution in [3.05, 3.63) is 28.8 Å². The summed E-state index contributed by atoms with van der Waals surface area (Å²) in [4.78, 5) is 11.1. The van der Waals surface area contributed by atoms with E-state index < -0.39 is 18.2 Å². The van der Waals surface area contributed by atoms with Crippen LogP contribution in [-0.4, -0.2) is 34.0 Å². The highest BCUT2D eigenvalue weighted by atomic mass is 35.5. The Morgan fingerprint density at radius 2 is 2.11 bits per heavy atom. The summed E-state index contributed by atoms with van der Waals surface area (Å²) in [6, 6.07) is 4.09. The molecule has 2 unspecified atom stereocenters. The molecule has 0 saturated carbocycles. The van der Waals surface area contributed by atoms with E-state index in [1.165, 1.54) is 18.2 Å². The predicted octanol–water partition coefficient (Wildman–Crippen LogP) is 1.39. The minimum atomic E-state index is -1.30. The van der Waals surface area contributed by atoms with Crippen molar-refractivity contribution in [2.24, 2.45) is 0 Å². The van der Waals surface area contributed by atoms with Crippen molar-refractivity contribution in [1.29, 1.82) is 0 Å². The molecule has 0 bridgehead atoms. The number of halogens is 1. The van der Waals surface area contributed by atoms with E-state index in [0.717, 1.165) is 0 Å². The van der Waals surface area contributed by atoms with E-state index in [9.17, 15) is 20.1 Å². The van der Waals surface area contributed by atoms with Gasteiger partial charge in [-0.25, -0.2) is 0 Å². The summed E-state index contributed by atoms with van der Waals surface area (Å²) in [6.07, 6.45) is -2.92. The molecule has 0 spiro atoms. The molecule has 2 atom stereocenters. The lowest BCUT2D eigenvalue weighted by Gasteiger charge is -2.17. The predicted molar refractivity (Wildman–Crippen MR) is 65.3 cm³/mol. The molecule has 0 aromatic heterocycles. The molecule has 0 aliphatic carbocycles. The molecule has 0 amide bonds. The summed E-state index contributed by atoms with van der Waals surface area (Å²) in [7, 11) is 0. The average Bonchev–Trinajstić information content (AvgIpc) is 2.32. The van der Waals surface area contributed by atoms with Crippen LogP contribution in [0.25, 0.3) is 0 Å². The molecule has 1 rings (SSSR count). The van der Waals surface area contributed by atoms with Gasteiger partial charge in [-0.1, -0.05) is 17.7 Å². The van der Waals surface area contributed by atoms with E-state index >= 15 is 0 Å². The molecule has 100 valence electrons. The van der Waals surface area contributed by atoms with Crippen molar-refractivity contribution in [2.75, 3.05) is 6.61 Å². The number of phenols is 1. The minimum absolute atomic E-state index is 0.144. The van der Waals surface area contributed by atoms with Gasteiger partial charge in [-0.05, 0) is 24.6 Å². The number of phenolic OH excluding ortho intramolecular Hbond substituents is 1. The van der Waals surface area contributed by atoms with E-state index in [-0.39, 0.29) is 29.4 Å². The zero-order valence-corrected chi connectivity index (χ0v) is 10.6. The van der Waals surface area contributed by atoms with Gasteiger partial charge in [0, 0.05) is 0 Å². The normalized spacial score (nSPS) is 14.0. The number of rotatable bonds is 5. The van der Waals surface area contributed by atoms with Gasteiger partial charge in [0.25, 0.3) is 0 Å². The highest BCUT2D eigenvalue weighted by molar-refractivity contribution is 6.32. The second kappa shape index (κ2) is 6.58. The molecule has 18 heavy (non-hydrogen) atoms. The first-order chi connectivity index (χ1) is 8.45. The minimum Gasteiger partial charge on any atom is -0.506 e. The first-order valence-corrected chi connectivity index (χ1v) is 5.83. The molecule has 3 N–H and O–H groups in total. The van der Waals surface area contributed by atoms with Crippen molar-refractivity contribution >= 4 is 17.6 Å². The molecule has 0 aliphatic heterocycles. The van der Waals surface area contributed by atoms with E-state index in [1.54, 1.807) is 6.92 Å². The second-order valence-electron chi connectivity index (χ2n) is 3.73. The van der Waals surface area contributed by atoms with Crippen molar-refractivity contribution in [3.63, 3.8) is 0 Å². The quantitative estimate of drug-likeness (QED) is 0.707. The van der Waals surface area contributed by atoms with Gasteiger partial charge in [-0.2, -0.15) is 0 Å². The maximum absolute atomic E-state index is 11.1. The Kier molecular flexibility index (Phi) is 5.40. The lowest BCUT2D eigenvalue weighted by atomic mass is 10.0. The number of aliphatic hydroxyl groups is 2. The molecule has 0 aliphatic rings. The summed E-state index contributed by atoms with van der Waals surface area (Å²) in [5.74, 6) is -0.793. The van der Waals surface area contributed by atoms with Gasteiger partial charge in [0.1, 0.15) is 11.9 Å². The fourth-order valence-corrected chi connectivity index (χ4v) is 1.56. The maximum Gasteiger partial charge on any atom is 0.308 e. The Bertz CT molecular complexity index is 421. The molecular formula is C12H15ClO5. The lowest BCUT2D eigenvalue weighted by Crippen LogP contribution is -2.23. The van der Waals surface area contributed by atoms with Crippen LogP contribution >= 0.6 is 11.6 Å². The van der Waals surface area contributed by atoms with Crippen molar-refractivity contribution in [2.45, 2.75) is 25.6 Å². The molecule has 0 fully saturated rings. The average molecular weight is 275 g/mol. The zero-order chi connectivity index (χ0) is 13.7. The molecule has 5 nitrogen and oxygen atoms in total. The van der Waals surface area contributed by atoms with Gasteiger partial charge in [0.05, 0.1) is 24.2 Å². The second-order valence-corrected chi connectivity index (χ2v) is 4.14. The van der Waals surface area contributed by atoms with Crippen LogP contribution in [0.15, 0.2) is 18.2 Å². The number of esters is 1. The first-order valence-electron chi connectivity index (χ1n) is 5.45. The van der Waals surface area contributed by atoms with E-state index in [2.05, 4.69) is 4.74 Å². The van der Waals surface area contributed by atoms with Crippen LogP contribution < -0.4 is 0 Å². The molecule has 1 aromatic rings. The molecule has 1 aromatic carbocycles. The standard InChI is InChI=1S/C12H15ClO5/c1-2-18-11(16)6-10(15)12(17)7-3-4-8(13)9(14)5-7/h3-5,10,12,14-15,17H,2,6H2,1H3. The van der Waals surface area contributed by atoms with Crippen LogP contribution in [0.3, 0.4) is 0 Å². The zero-order valence-electron chi connectivity index (χ0n) is 9.84. The summed E-state index contributed by atoms with van der Waals surface area (Å²) in [6.45, 7) is 1.86. The van der Waals surface area contributed by atoms with Gasteiger partial charge in [-0.3, -0.25) is 4.79 Å². The number of carbonyl (C=O) groups is 1. The molecule has 0 radical (unpaired) electrons. The Morgan fingerprint density at radius 1 is 1.44 bits per heavy atom. The van der Waals surface area contributed by atoms with Crippen LogP contribution in [0.4, 0.5) is 0 Å². The monoisotopic (exact) mass is 274 g/mol. The van der Waals surface area contributed by atoms with E-state index in [4.69, 9.17) is 11.6 Å². The Morgan fingerprint density at radius 3 is 2.67 bits per heavy atom. The Balaban J connectivity index is 2.70. The smallest absolute Gasteiger partial charge is 0.308 e. The summed E-state index contributed by atoms with van der Waals surface area (Å²) >= 11 is 5.62. The van der Waals surface area contributed by atoms with Gasteiger partial charge >= 0.3 is 5.97 Å². The van der Waals surface area contributed by atoms with E-state index in [1.807, 2.05) is 0 Å². The number of aliphatic hydroxyl groups excluding tert-OH is 2. The first kappa shape index (κ1) is 14.8. The highest BCUT2D eigenvalue weighted by Crippen LogP contribution is 2.28. The van der Waals surface area contributed by atoms with Crippen LogP contribution in [0.2, 0.25) is 5.02 Å². The highest BCUT2D eigenvalue weighted by Gasteiger charge is 2.22. The van der Waals surface area contributed by atoms with Crippen LogP contribution in [0.5, 0.6) is 5.75 Å². The molecular weight excluding hydrogens is 260 g/mol. The van der Waals surface area contributed by atoms with Gasteiger partial charge in [0.15, 0.2) is 0 Å². The molecule has 6 heteroatoms. The van der Waals surface area contributed by atoms with E-state index in [0.29, 0.717) is 0 Å². The maximum atomic E-state index is 11.1. The fourth-order valence-electron chi connectivity index (χ4n) is 1.44. The SMILES string of the molecule is CCOC(=O)CC(O)C(O)c1ccc(Cl)c(O)c1. The van der Waals surface area contributed by atoms with Gasteiger partial charge in [0.2, 0.25) is 0 Å². The Labute approximate surface area is 110 Å². The fraction of sp³-hybridized carbons (Fsp3) is 0.417. The van der Waals surface area contributed by atoms with Gasteiger partial charge in [-0.15, -0.1) is 0 Å². The van der Waals surface area contributed by atoms with Crippen molar-refractivity contribution in [1.82, 2.24) is 0 Å². The number of carbonyl (C=O) groups excluding carboxylic acids is 1. The Hall–Kier alpha value is -1.30. The van der Waals surface area contributed by atoms with Crippen molar-refractivity contribution < 1.29 is 24.9 Å². The summed E-state index contributed by atoms with van der Waals surface area (Å²) < 4.78 is 4.66. The molecule has 0 saturated heterocycles. The third-order valence-electron chi connectivity index (χ3n) is 2.36. The third-order valence-corrected chi connectivity index (χ3v) is 2.68. The van der Waals surface area contributed by atoms with Crippen molar-refractivity contribution in [3.8, 4) is 5.75 Å². The molecule has 0 heterocycles. The van der Waals surface area contributed by atoms with Crippen LogP contribution in [0.1, 0.15) is 25.0 Å². The summed E-state index contributed by atoms with van der Waals surface area (Å²) in [5, 5.41) is 29.0. The number of hydrogen-bond acceptors (Lipinski definition) is 5. The number of benzene rings is 1. The number of aromatic hydroxyl groups is 1. The largest absolute Gasteiger partial charge is 0.506 e. The third kappa shape index (κ3) is 3.87. The summed E-state index contributed by atoms with van der Waals surface area (Å²) in [5.41, 5.74) is 0.272. The lowest BCUT2D eigenvalue weighted by molar-refractivity contribution is -0.147.